The SMILES string of the molecule is CC1(C)CC2CC(C)(CN2)C1O. The Labute approximate surface area is 74.4 Å². The Kier molecular flexibility index (Phi) is 1.59. The van der Waals surface area contributed by atoms with E-state index in [0.29, 0.717) is 6.04 Å². The highest BCUT2D eigenvalue weighted by Gasteiger charge is 2.52. The minimum atomic E-state index is -0.142. The van der Waals surface area contributed by atoms with Gasteiger partial charge in [-0.25, -0.2) is 0 Å². The van der Waals surface area contributed by atoms with Crippen LogP contribution in [0.25, 0.3) is 0 Å². The number of hydrogen-bond donors (Lipinski definition) is 2. The molecule has 70 valence electrons. The first-order chi connectivity index (χ1) is 5.44. The lowest BCUT2D eigenvalue weighted by molar-refractivity contribution is -0.0641. The first kappa shape index (κ1) is 8.52. The van der Waals surface area contributed by atoms with Crippen molar-refractivity contribution >= 4 is 0 Å². The van der Waals surface area contributed by atoms with Gasteiger partial charge in [-0.1, -0.05) is 20.8 Å². The lowest BCUT2D eigenvalue weighted by Crippen LogP contribution is -2.47. The molecule has 0 aromatic rings. The first-order valence-corrected chi connectivity index (χ1v) is 4.85. The zero-order valence-electron chi connectivity index (χ0n) is 8.22. The molecule has 1 heterocycles. The normalized spacial score (nSPS) is 51.0. The summed E-state index contributed by atoms with van der Waals surface area (Å²) in [6.45, 7) is 7.54. The zero-order chi connectivity index (χ0) is 8.98. The van der Waals surface area contributed by atoms with Crippen LogP contribution in [-0.2, 0) is 0 Å². The zero-order valence-corrected chi connectivity index (χ0v) is 8.22. The Morgan fingerprint density at radius 3 is 2.58 bits per heavy atom. The molecule has 2 aliphatic rings. The molecule has 1 aliphatic heterocycles. The summed E-state index contributed by atoms with van der Waals surface area (Å²) in [6, 6.07) is 0.647. The van der Waals surface area contributed by atoms with Crippen LogP contribution in [0, 0.1) is 10.8 Å². The molecule has 0 aromatic carbocycles. The van der Waals surface area contributed by atoms with E-state index in [9.17, 15) is 5.11 Å². The number of rotatable bonds is 0. The highest BCUT2D eigenvalue weighted by molar-refractivity contribution is 5.06. The van der Waals surface area contributed by atoms with Crippen LogP contribution in [0.2, 0.25) is 0 Å². The van der Waals surface area contributed by atoms with E-state index < -0.39 is 0 Å². The molecule has 1 saturated heterocycles. The summed E-state index contributed by atoms with van der Waals surface area (Å²) >= 11 is 0. The predicted octanol–water partition coefficient (Wildman–Crippen LogP) is 1.15. The molecule has 2 N–H and O–H groups in total. The predicted molar refractivity (Wildman–Crippen MR) is 48.9 cm³/mol. The summed E-state index contributed by atoms with van der Waals surface area (Å²) in [5.41, 5.74) is 0.230. The molecule has 2 rings (SSSR count). The Balaban J connectivity index is 2.29. The van der Waals surface area contributed by atoms with Gasteiger partial charge in [0.05, 0.1) is 6.10 Å². The average molecular weight is 169 g/mol. The van der Waals surface area contributed by atoms with Gasteiger partial charge in [-0.2, -0.15) is 0 Å². The number of nitrogens with one attached hydrogen (secondary N) is 1. The van der Waals surface area contributed by atoms with Crippen LogP contribution in [0.15, 0.2) is 0 Å². The average Bonchev–Trinajstić information content (AvgIpc) is 2.26. The second-order valence-corrected chi connectivity index (χ2v) is 5.53. The van der Waals surface area contributed by atoms with Crippen molar-refractivity contribution in [3.8, 4) is 0 Å². The number of aliphatic hydroxyl groups excluding tert-OH is 1. The van der Waals surface area contributed by atoms with E-state index >= 15 is 0 Å². The van der Waals surface area contributed by atoms with Crippen molar-refractivity contribution in [2.75, 3.05) is 6.54 Å². The molecule has 0 radical (unpaired) electrons. The van der Waals surface area contributed by atoms with Crippen molar-refractivity contribution in [3.63, 3.8) is 0 Å². The van der Waals surface area contributed by atoms with Gasteiger partial charge in [0.1, 0.15) is 0 Å². The molecule has 2 nitrogen and oxygen atoms in total. The van der Waals surface area contributed by atoms with E-state index in [1.54, 1.807) is 0 Å². The first-order valence-electron chi connectivity index (χ1n) is 4.85. The van der Waals surface area contributed by atoms with E-state index in [-0.39, 0.29) is 16.9 Å². The van der Waals surface area contributed by atoms with Crippen LogP contribution in [0.4, 0.5) is 0 Å². The third kappa shape index (κ3) is 1.01. The van der Waals surface area contributed by atoms with Crippen molar-refractivity contribution in [1.29, 1.82) is 0 Å². The van der Waals surface area contributed by atoms with Crippen molar-refractivity contribution in [2.45, 2.75) is 45.8 Å². The van der Waals surface area contributed by atoms with Crippen LogP contribution in [-0.4, -0.2) is 23.8 Å². The van der Waals surface area contributed by atoms with E-state index in [0.717, 1.165) is 19.4 Å². The van der Waals surface area contributed by atoms with Gasteiger partial charge in [0.25, 0.3) is 0 Å². The maximum absolute atomic E-state index is 10.1. The molecule has 2 fully saturated rings. The molecule has 3 unspecified atom stereocenters. The van der Waals surface area contributed by atoms with Crippen molar-refractivity contribution in [2.24, 2.45) is 10.8 Å². The Morgan fingerprint density at radius 1 is 1.25 bits per heavy atom. The van der Waals surface area contributed by atoms with E-state index in [1.807, 2.05) is 0 Å². The summed E-state index contributed by atoms with van der Waals surface area (Å²) in [4.78, 5) is 0. The van der Waals surface area contributed by atoms with Crippen LogP contribution in [0.3, 0.4) is 0 Å². The lowest BCUT2D eigenvalue weighted by Gasteiger charge is -2.45. The molecule has 1 aliphatic carbocycles. The van der Waals surface area contributed by atoms with Crippen LogP contribution < -0.4 is 5.32 Å². The third-order valence-corrected chi connectivity index (χ3v) is 3.68. The summed E-state index contributed by atoms with van der Waals surface area (Å²) < 4.78 is 0. The van der Waals surface area contributed by atoms with Crippen molar-refractivity contribution < 1.29 is 5.11 Å². The molecule has 0 spiro atoms. The topological polar surface area (TPSA) is 32.3 Å². The van der Waals surface area contributed by atoms with Crippen LogP contribution in [0.1, 0.15) is 33.6 Å². The minimum absolute atomic E-state index is 0.0984. The van der Waals surface area contributed by atoms with Gasteiger partial charge in [0, 0.05) is 18.0 Å². The van der Waals surface area contributed by atoms with Crippen molar-refractivity contribution in [3.05, 3.63) is 0 Å². The van der Waals surface area contributed by atoms with Crippen LogP contribution >= 0.6 is 0 Å². The summed E-state index contributed by atoms with van der Waals surface area (Å²) in [5, 5.41) is 13.6. The molecule has 1 saturated carbocycles. The third-order valence-electron chi connectivity index (χ3n) is 3.68. The molecule has 2 bridgehead atoms. The molecule has 12 heavy (non-hydrogen) atoms. The fourth-order valence-electron chi connectivity index (χ4n) is 3.13. The molecule has 2 heteroatoms. The van der Waals surface area contributed by atoms with Gasteiger partial charge in [0.15, 0.2) is 0 Å². The van der Waals surface area contributed by atoms with Gasteiger partial charge in [-0.05, 0) is 18.3 Å². The highest BCUT2D eigenvalue weighted by atomic mass is 16.3. The number of hydrogen-bond acceptors (Lipinski definition) is 2. The van der Waals surface area contributed by atoms with Gasteiger partial charge in [0.2, 0.25) is 0 Å². The molecular formula is C10H19NO. The lowest BCUT2D eigenvalue weighted by atomic mass is 9.63. The quantitative estimate of drug-likeness (QED) is 0.570. The Bertz CT molecular complexity index is 202. The second kappa shape index (κ2) is 2.24. The van der Waals surface area contributed by atoms with Gasteiger partial charge < -0.3 is 10.4 Å². The molecule has 3 atom stereocenters. The highest BCUT2D eigenvalue weighted by Crippen LogP contribution is 2.49. The van der Waals surface area contributed by atoms with Crippen LogP contribution in [0.5, 0.6) is 0 Å². The number of aliphatic hydroxyl groups is 1. The minimum Gasteiger partial charge on any atom is -0.392 e. The van der Waals surface area contributed by atoms with E-state index in [1.165, 1.54) is 0 Å². The Hall–Kier alpha value is -0.0800. The maximum atomic E-state index is 10.1. The second-order valence-electron chi connectivity index (χ2n) is 5.53. The fourth-order valence-corrected chi connectivity index (χ4v) is 3.13. The van der Waals surface area contributed by atoms with Gasteiger partial charge in [-0.3, -0.25) is 0 Å². The maximum Gasteiger partial charge on any atom is 0.0657 e. The largest absolute Gasteiger partial charge is 0.392 e. The standard InChI is InChI=1S/C10H19NO/c1-9(2)4-7-5-10(3,6-11-7)8(9)12/h7-8,11-12H,4-6H2,1-3H3. The summed E-state index contributed by atoms with van der Waals surface area (Å²) in [5.74, 6) is 0. The van der Waals surface area contributed by atoms with Gasteiger partial charge in [-0.15, -0.1) is 0 Å². The number of fused-ring (bicyclic) bond motifs is 2. The molecular weight excluding hydrogens is 150 g/mol. The Morgan fingerprint density at radius 2 is 1.92 bits per heavy atom. The smallest absolute Gasteiger partial charge is 0.0657 e. The fraction of sp³-hybridized carbons (Fsp3) is 1.00. The van der Waals surface area contributed by atoms with Gasteiger partial charge >= 0.3 is 0 Å². The van der Waals surface area contributed by atoms with E-state index in [4.69, 9.17) is 0 Å². The summed E-state index contributed by atoms with van der Waals surface area (Å²) in [6.07, 6.45) is 2.12. The molecule has 0 amide bonds. The van der Waals surface area contributed by atoms with E-state index in [2.05, 4.69) is 26.1 Å². The summed E-state index contributed by atoms with van der Waals surface area (Å²) in [7, 11) is 0. The monoisotopic (exact) mass is 169 g/mol. The molecule has 0 aromatic heterocycles. The van der Waals surface area contributed by atoms with Crippen molar-refractivity contribution in [1.82, 2.24) is 5.32 Å².